The van der Waals surface area contributed by atoms with Crippen LogP contribution in [-0.4, -0.2) is 47.1 Å². The van der Waals surface area contributed by atoms with E-state index in [1.807, 2.05) is 24.3 Å². The minimum Gasteiger partial charge on any atom is -0.497 e. The summed E-state index contributed by atoms with van der Waals surface area (Å²) in [4.78, 5) is 26.2. The van der Waals surface area contributed by atoms with E-state index in [-0.39, 0.29) is 24.2 Å². The van der Waals surface area contributed by atoms with Gasteiger partial charge in [0.2, 0.25) is 16.9 Å². The van der Waals surface area contributed by atoms with Crippen molar-refractivity contribution in [2.45, 2.75) is 32.6 Å². The van der Waals surface area contributed by atoms with Gasteiger partial charge in [-0.25, -0.2) is 0 Å². The first kappa shape index (κ1) is 19.3. The lowest BCUT2D eigenvalue weighted by molar-refractivity contribution is -0.128. The molecule has 1 aromatic heterocycles. The Labute approximate surface area is 162 Å². The molecule has 1 N–H and O–H groups in total. The lowest BCUT2D eigenvalue weighted by Gasteiger charge is -2.15. The third kappa shape index (κ3) is 5.03. The number of rotatable bonds is 8. The molecule has 27 heavy (non-hydrogen) atoms. The first-order valence-electron chi connectivity index (χ1n) is 9.13. The Bertz CT molecular complexity index is 791. The number of nitrogens with one attached hydrogen (secondary N) is 1. The van der Waals surface area contributed by atoms with Crippen molar-refractivity contribution in [3.63, 3.8) is 0 Å². The normalized spacial score (nSPS) is 16.6. The second-order valence-electron chi connectivity index (χ2n) is 6.61. The average molecular weight is 388 g/mol. The fraction of sp³-hybridized carbons (Fsp3) is 0.474. The van der Waals surface area contributed by atoms with Gasteiger partial charge in [0.25, 0.3) is 0 Å². The van der Waals surface area contributed by atoms with Crippen LogP contribution >= 0.6 is 11.3 Å². The highest BCUT2D eigenvalue weighted by molar-refractivity contribution is 7.15. The van der Waals surface area contributed by atoms with Crippen LogP contribution < -0.4 is 10.1 Å². The number of likely N-dealkylation sites (tertiary alicyclic amines) is 1. The molecule has 0 unspecified atom stereocenters. The first-order chi connectivity index (χ1) is 13.1. The van der Waals surface area contributed by atoms with Crippen LogP contribution in [0.4, 0.5) is 5.13 Å². The van der Waals surface area contributed by atoms with E-state index in [9.17, 15) is 9.59 Å². The van der Waals surface area contributed by atoms with Gasteiger partial charge in [-0.05, 0) is 24.1 Å². The quantitative estimate of drug-likeness (QED) is 0.752. The van der Waals surface area contributed by atoms with E-state index in [0.717, 1.165) is 35.7 Å². The molecule has 8 heteroatoms. The number of ether oxygens (including phenoxy) is 1. The first-order valence-corrected chi connectivity index (χ1v) is 9.94. The molecule has 7 nitrogen and oxygen atoms in total. The van der Waals surface area contributed by atoms with Gasteiger partial charge >= 0.3 is 0 Å². The standard InChI is InChI=1S/C19H24N4O3S/c1-3-4-9-23-12-14(11-17(23)24)18(25)20-19-22-21-16(27-19)10-13-5-7-15(26-2)8-6-13/h5-8,14H,3-4,9-12H2,1-2H3,(H,20,22,25)/t14-/m0/s1. The number of benzene rings is 1. The van der Waals surface area contributed by atoms with Crippen molar-refractivity contribution in [3.05, 3.63) is 34.8 Å². The number of aromatic nitrogens is 2. The number of nitrogens with zero attached hydrogens (tertiary/aromatic N) is 3. The molecule has 1 saturated heterocycles. The number of carbonyl (C=O) groups excluding carboxylic acids is 2. The summed E-state index contributed by atoms with van der Waals surface area (Å²) in [7, 11) is 1.63. The van der Waals surface area contributed by atoms with Gasteiger partial charge in [0.15, 0.2) is 0 Å². The Hall–Kier alpha value is -2.48. The molecule has 2 amide bonds. The van der Waals surface area contributed by atoms with Gasteiger partial charge < -0.3 is 15.0 Å². The molecule has 144 valence electrons. The second-order valence-corrected chi connectivity index (χ2v) is 7.67. The highest BCUT2D eigenvalue weighted by Crippen LogP contribution is 2.23. The number of anilines is 1. The summed E-state index contributed by atoms with van der Waals surface area (Å²) in [5.74, 6) is 0.391. The maximum absolute atomic E-state index is 12.5. The predicted molar refractivity (Wildman–Crippen MR) is 104 cm³/mol. The van der Waals surface area contributed by atoms with E-state index in [0.29, 0.717) is 18.1 Å². The fourth-order valence-electron chi connectivity index (χ4n) is 3.01. The Morgan fingerprint density at radius 2 is 2.11 bits per heavy atom. The van der Waals surface area contributed by atoms with Crippen molar-refractivity contribution < 1.29 is 14.3 Å². The van der Waals surface area contributed by atoms with Crippen molar-refractivity contribution in [1.29, 1.82) is 0 Å². The SMILES string of the molecule is CCCCN1C[C@@H](C(=O)Nc2nnc(Cc3ccc(OC)cc3)s2)CC1=O. The van der Waals surface area contributed by atoms with Crippen LogP contribution in [0.25, 0.3) is 0 Å². The molecule has 0 spiro atoms. The van der Waals surface area contributed by atoms with E-state index in [4.69, 9.17) is 4.74 Å². The van der Waals surface area contributed by atoms with E-state index in [2.05, 4.69) is 22.4 Å². The van der Waals surface area contributed by atoms with Crippen LogP contribution in [0, 0.1) is 5.92 Å². The third-order valence-electron chi connectivity index (χ3n) is 4.58. The molecular formula is C19H24N4O3S. The van der Waals surface area contributed by atoms with Gasteiger partial charge in [-0.15, -0.1) is 10.2 Å². The third-order valence-corrected chi connectivity index (χ3v) is 5.42. The van der Waals surface area contributed by atoms with Gasteiger partial charge in [0.1, 0.15) is 10.8 Å². The Kier molecular flexibility index (Phi) is 6.39. The van der Waals surface area contributed by atoms with Crippen molar-refractivity contribution >= 4 is 28.3 Å². The molecule has 0 aliphatic carbocycles. The number of carbonyl (C=O) groups is 2. The number of hydrogen-bond acceptors (Lipinski definition) is 6. The molecule has 0 bridgehead atoms. The molecule has 2 aromatic rings. The summed E-state index contributed by atoms with van der Waals surface area (Å²) in [6.45, 7) is 3.30. The largest absolute Gasteiger partial charge is 0.497 e. The molecular weight excluding hydrogens is 364 g/mol. The molecule has 1 atom stereocenters. The van der Waals surface area contributed by atoms with E-state index in [1.54, 1.807) is 12.0 Å². The minimum absolute atomic E-state index is 0.0565. The zero-order chi connectivity index (χ0) is 19.2. The summed E-state index contributed by atoms with van der Waals surface area (Å²) >= 11 is 1.36. The Morgan fingerprint density at radius 3 is 2.81 bits per heavy atom. The zero-order valence-corrected chi connectivity index (χ0v) is 16.4. The molecule has 0 radical (unpaired) electrons. The highest BCUT2D eigenvalue weighted by atomic mass is 32.1. The number of amides is 2. The lowest BCUT2D eigenvalue weighted by atomic mass is 10.1. The predicted octanol–water partition coefficient (Wildman–Crippen LogP) is 2.72. The van der Waals surface area contributed by atoms with Crippen molar-refractivity contribution in [2.75, 3.05) is 25.5 Å². The van der Waals surface area contributed by atoms with Gasteiger partial charge in [-0.3, -0.25) is 9.59 Å². The van der Waals surface area contributed by atoms with E-state index in [1.165, 1.54) is 11.3 Å². The smallest absolute Gasteiger partial charge is 0.231 e. The topological polar surface area (TPSA) is 84.4 Å². The number of unbranched alkanes of at least 4 members (excludes halogenated alkanes) is 1. The summed E-state index contributed by atoms with van der Waals surface area (Å²) in [5.41, 5.74) is 1.10. The summed E-state index contributed by atoms with van der Waals surface area (Å²) in [6.07, 6.45) is 2.91. The Balaban J connectivity index is 1.54. The molecule has 2 heterocycles. The molecule has 1 fully saturated rings. The van der Waals surface area contributed by atoms with Crippen molar-refractivity contribution in [3.8, 4) is 5.75 Å². The maximum Gasteiger partial charge on any atom is 0.231 e. The molecule has 3 rings (SSSR count). The lowest BCUT2D eigenvalue weighted by Crippen LogP contribution is -2.29. The molecule has 1 aliphatic heterocycles. The molecule has 1 aliphatic rings. The summed E-state index contributed by atoms with van der Waals surface area (Å²) < 4.78 is 5.15. The van der Waals surface area contributed by atoms with Gasteiger partial charge in [-0.2, -0.15) is 0 Å². The Morgan fingerprint density at radius 1 is 1.33 bits per heavy atom. The monoisotopic (exact) mass is 388 g/mol. The van der Waals surface area contributed by atoms with Gasteiger partial charge in [0.05, 0.1) is 13.0 Å². The summed E-state index contributed by atoms with van der Waals surface area (Å²) in [5, 5.41) is 12.3. The zero-order valence-electron chi connectivity index (χ0n) is 15.6. The van der Waals surface area contributed by atoms with Gasteiger partial charge in [0, 0.05) is 25.9 Å². The average Bonchev–Trinajstić information content (AvgIpc) is 3.27. The van der Waals surface area contributed by atoms with Crippen LogP contribution in [-0.2, 0) is 16.0 Å². The maximum atomic E-state index is 12.5. The van der Waals surface area contributed by atoms with Crippen LogP contribution in [0.3, 0.4) is 0 Å². The number of hydrogen-bond donors (Lipinski definition) is 1. The molecule has 1 aromatic carbocycles. The second kappa shape index (κ2) is 8.94. The van der Waals surface area contributed by atoms with E-state index >= 15 is 0 Å². The summed E-state index contributed by atoms with van der Waals surface area (Å²) in [6, 6.07) is 7.77. The van der Waals surface area contributed by atoms with Crippen LogP contribution in [0.15, 0.2) is 24.3 Å². The van der Waals surface area contributed by atoms with Crippen molar-refractivity contribution in [1.82, 2.24) is 15.1 Å². The van der Waals surface area contributed by atoms with Crippen molar-refractivity contribution in [2.24, 2.45) is 5.92 Å². The van der Waals surface area contributed by atoms with Gasteiger partial charge in [-0.1, -0.05) is 36.8 Å². The molecule has 0 saturated carbocycles. The van der Waals surface area contributed by atoms with Crippen LogP contribution in [0.2, 0.25) is 0 Å². The van der Waals surface area contributed by atoms with Crippen LogP contribution in [0.1, 0.15) is 36.8 Å². The number of methoxy groups -OCH3 is 1. The highest BCUT2D eigenvalue weighted by Gasteiger charge is 2.34. The van der Waals surface area contributed by atoms with Crippen LogP contribution in [0.5, 0.6) is 5.75 Å². The van der Waals surface area contributed by atoms with E-state index < -0.39 is 0 Å². The fourth-order valence-corrected chi connectivity index (χ4v) is 3.79. The minimum atomic E-state index is -0.316.